The summed E-state index contributed by atoms with van der Waals surface area (Å²) in [7, 11) is 1.13. The molecule has 1 heterocycles. The van der Waals surface area contributed by atoms with Gasteiger partial charge in [-0.3, -0.25) is 0 Å². The van der Waals surface area contributed by atoms with Crippen LogP contribution in [0.1, 0.15) is 16.1 Å². The third kappa shape index (κ3) is 3.17. The molecule has 22 heavy (non-hydrogen) atoms. The summed E-state index contributed by atoms with van der Waals surface area (Å²) in [4.78, 5) is 17.2. The molecule has 4 nitrogen and oxygen atoms in total. The number of aromatic amines is 1. The van der Waals surface area contributed by atoms with E-state index in [0.29, 0.717) is 0 Å². The SMILES string of the molecule is COC(=O)c1cc(-c2nc(Br)c(C(F)(F)F)[nH]2)c(F)cc1Br. The predicted molar refractivity (Wildman–Crippen MR) is 75.7 cm³/mol. The van der Waals surface area contributed by atoms with Crippen LogP contribution in [0, 0.1) is 5.82 Å². The first-order chi connectivity index (χ1) is 10.1. The standard InChI is InChI=1S/C12H6Br2F4N2O2/c1-22-11(21)4-2-5(7(15)3-6(4)13)10-19-8(9(14)20-10)12(16,17)18/h2-3H,1H3,(H,19,20). The molecule has 0 spiro atoms. The van der Waals surface area contributed by atoms with Gasteiger partial charge in [-0.2, -0.15) is 13.2 Å². The van der Waals surface area contributed by atoms with Crippen molar-refractivity contribution in [1.29, 1.82) is 0 Å². The highest BCUT2D eigenvalue weighted by Gasteiger charge is 2.36. The first-order valence-electron chi connectivity index (χ1n) is 5.55. The van der Waals surface area contributed by atoms with E-state index in [1.807, 2.05) is 4.98 Å². The minimum atomic E-state index is -4.68. The van der Waals surface area contributed by atoms with Crippen molar-refractivity contribution in [3.8, 4) is 11.4 Å². The van der Waals surface area contributed by atoms with E-state index in [1.54, 1.807) is 0 Å². The van der Waals surface area contributed by atoms with E-state index in [9.17, 15) is 22.4 Å². The van der Waals surface area contributed by atoms with Crippen LogP contribution in [0.2, 0.25) is 0 Å². The number of benzene rings is 1. The second-order valence-electron chi connectivity index (χ2n) is 4.05. The Balaban J connectivity index is 2.60. The molecule has 0 saturated heterocycles. The summed E-state index contributed by atoms with van der Waals surface area (Å²) in [6.45, 7) is 0. The van der Waals surface area contributed by atoms with Crippen LogP contribution in [-0.4, -0.2) is 23.0 Å². The molecule has 0 atom stereocenters. The Bertz CT molecular complexity index is 743. The van der Waals surface area contributed by atoms with Crippen molar-refractivity contribution in [2.24, 2.45) is 0 Å². The molecular formula is C12H6Br2F4N2O2. The van der Waals surface area contributed by atoms with Crippen LogP contribution in [0.15, 0.2) is 21.2 Å². The van der Waals surface area contributed by atoms with Gasteiger partial charge in [0.05, 0.1) is 18.2 Å². The topological polar surface area (TPSA) is 55.0 Å². The quantitative estimate of drug-likeness (QED) is 0.545. The van der Waals surface area contributed by atoms with Crippen molar-refractivity contribution in [2.45, 2.75) is 6.18 Å². The molecule has 0 aliphatic heterocycles. The molecule has 0 radical (unpaired) electrons. The van der Waals surface area contributed by atoms with E-state index in [-0.39, 0.29) is 21.4 Å². The van der Waals surface area contributed by atoms with Gasteiger partial charge in [-0.1, -0.05) is 0 Å². The third-order valence-corrected chi connectivity index (χ3v) is 3.89. The summed E-state index contributed by atoms with van der Waals surface area (Å²) in [6, 6.07) is 2.00. The second-order valence-corrected chi connectivity index (χ2v) is 5.66. The molecule has 118 valence electrons. The second kappa shape index (κ2) is 5.99. The number of nitrogens with zero attached hydrogens (tertiary/aromatic N) is 1. The summed E-state index contributed by atoms with van der Waals surface area (Å²) < 4.78 is 56.3. The van der Waals surface area contributed by atoms with Gasteiger partial charge in [0.1, 0.15) is 16.2 Å². The Kier molecular flexibility index (Phi) is 4.62. The summed E-state index contributed by atoms with van der Waals surface area (Å²) in [5.74, 6) is -1.99. The van der Waals surface area contributed by atoms with Crippen LogP contribution in [0.5, 0.6) is 0 Å². The molecular weight excluding hydrogens is 440 g/mol. The van der Waals surface area contributed by atoms with Gasteiger partial charge in [0.2, 0.25) is 0 Å². The van der Waals surface area contributed by atoms with Crippen molar-refractivity contribution in [1.82, 2.24) is 9.97 Å². The molecule has 0 aliphatic rings. The maximum absolute atomic E-state index is 14.0. The molecule has 0 fully saturated rings. The number of methoxy groups -OCH3 is 1. The van der Waals surface area contributed by atoms with Crippen molar-refractivity contribution >= 4 is 37.8 Å². The van der Waals surface area contributed by atoms with Crippen LogP contribution < -0.4 is 0 Å². The Labute approximate surface area is 138 Å². The highest BCUT2D eigenvalue weighted by Crippen LogP contribution is 2.36. The lowest BCUT2D eigenvalue weighted by Gasteiger charge is -2.06. The molecule has 1 N–H and O–H groups in total. The van der Waals surface area contributed by atoms with Gasteiger partial charge < -0.3 is 9.72 Å². The van der Waals surface area contributed by atoms with Gasteiger partial charge in [-0.05, 0) is 44.0 Å². The number of aromatic nitrogens is 2. The average molecular weight is 446 g/mol. The fourth-order valence-corrected chi connectivity index (χ4v) is 2.64. The lowest BCUT2D eigenvalue weighted by Crippen LogP contribution is -2.06. The van der Waals surface area contributed by atoms with Crippen LogP contribution in [0.25, 0.3) is 11.4 Å². The number of imidazole rings is 1. The zero-order chi connectivity index (χ0) is 16.7. The number of hydrogen-bond acceptors (Lipinski definition) is 3. The van der Waals surface area contributed by atoms with Gasteiger partial charge in [-0.25, -0.2) is 14.2 Å². The molecule has 0 amide bonds. The van der Waals surface area contributed by atoms with Crippen molar-refractivity contribution in [3.63, 3.8) is 0 Å². The molecule has 2 rings (SSSR count). The van der Waals surface area contributed by atoms with Crippen molar-refractivity contribution in [3.05, 3.63) is 38.3 Å². The summed E-state index contributed by atoms with van der Waals surface area (Å²) in [6.07, 6.45) is -4.68. The number of nitrogens with one attached hydrogen (secondary N) is 1. The van der Waals surface area contributed by atoms with Gasteiger partial charge in [0.25, 0.3) is 0 Å². The fraction of sp³-hybridized carbons (Fsp3) is 0.167. The number of hydrogen-bond donors (Lipinski definition) is 1. The van der Waals surface area contributed by atoms with E-state index in [2.05, 4.69) is 41.6 Å². The largest absolute Gasteiger partial charge is 0.465 e. The van der Waals surface area contributed by atoms with Crippen LogP contribution >= 0.6 is 31.9 Å². The zero-order valence-electron chi connectivity index (χ0n) is 10.7. The highest BCUT2D eigenvalue weighted by atomic mass is 79.9. The number of halogens is 6. The van der Waals surface area contributed by atoms with Gasteiger partial charge in [-0.15, -0.1) is 0 Å². The molecule has 1 aromatic carbocycles. The summed E-state index contributed by atoms with van der Waals surface area (Å²) >= 11 is 5.65. The van der Waals surface area contributed by atoms with Crippen molar-refractivity contribution < 1.29 is 27.1 Å². The zero-order valence-corrected chi connectivity index (χ0v) is 13.9. The molecule has 0 aliphatic carbocycles. The van der Waals surface area contributed by atoms with E-state index in [1.165, 1.54) is 0 Å². The number of carbonyl (C=O) groups is 1. The highest BCUT2D eigenvalue weighted by molar-refractivity contribution is 9.10. The monoisotopic (exact) mass is 444 g/mol. The Hall–Kier alpha value is -1.42. The lowest BCUT2D eigenvalue weighted by atomic mass is 10.1. The van der Waals surface area contributed by atoms with E-state index in [0.717, 1.165) is 19.2 Å². The number of esters is 1. The number of H-pyrrole nitrogens is 1. The number of rotatable bonds is 2. The third-order valence-electron chi connectivity index (χ3n) is 2.66. The van der Waals surface area contributed by atoms with Crippen LogP contribution in [0.4, 0.5) is 17.6 Å². The predicted octanol–water partition coefficient (Wildman–Crippen LogP) is 4.55. The Morgan fingerprint density at radius 3 is 2.45 bits per heavy atom. The first-order valence-corrected chi connectivity index (χ1v) is 7.14. The molecule has 10 heteroatoms. The molecule has 1 aromatic heterocycles. The minimum absolute atomic E-state index is 0.0417. The van der Waals surface area contributed by atoms with Gasteiger partial charge in [0, 0.05) is 4.47 Å². The number of alkyl halides is 3. The van der Waals surface area contributed by atoms with Crippen molar-refractivity contribution in [2.75, 3.05) is 7.11 Å². The molecule has 2 aromatic rings. The maximum Gasteiger partial charge on any atom is 0.433 e. The fourth-order valence-electron chi connectivity index (χ4n) is 1.66. The minimum Gasteiger partial charge on any atom is -0.465 e. The summed E-state index contributed by atoms with van der Waals surface area (Å²) in [5.41, 5.74) is -1.48. The van der Waals surface area contributed by atoms with Gasteiger partial charge >= 0.3 is 12.1 Å². The molecule has 0 unspecified atom stereocenters. The van der Waals surface area contributed by atoms with E-state index in [4.69, 9.17) is 0 Å². The number of carbonyl (C=O) groups excluding carboxylic acids is 1. The maximum atomic E-state index is 14.0. The van der Waals surface area contributed by atoms with Gasteiger partial charge in [0.15, 0.2) is 5.69 Å². The first kappa shape index (κ1) is 16.9. The molecule has 0 bridgehead atoms. The smallest absolute Gasteiger partial charge is 0.433 e. The normalized spacial score (nSPS) is 11.6. The average Bonchev–Trinajstić information content (AvgIpc) is 2.80. The van der Waals surface area contributed by atoms with Crippen LogP contribution in [0.3, 0.4) is 0 Å². The van der Waals surface area contributed by atoms with E-state index >= 15 is 0 Å². The Morgan fingerprint density at radius 1 is 1.32 bits per heavy atom. The lowest BCUT2D eigenvalue weighted by molar-refractivity contribution is -0.141. The van der Waals surface area contributed by atoms with Crippen LogP contribution in [-0.2, 0) is 10.9 Å². The molecule has 0 saturated carbocycles. The van der Waals surface area contributed by atoms with E-state index < -0.39 is 28.3 Å². The summed E-state index contributed by atoms with van der Waals surface area (Å²) in [5, 5.41) is 0. The Morgan fingerprint density at radius 2 is 1.95 bits per heavy atom. The number of ether oxygens (including phenoxy) is 1.